The van der Waals surface area contributed by atoms with Gasteiger partial charge in [-0.2, -0.15) is 0 Å². The third kappa shape index (κ3) is 2.92. The summed E-state index contributed by atoms with van der Waals surface area (Å²) in [6.07, 6.45) is 0. The van der Waals surface area contributed by atoms with E-state index in [-0.39, 0.29) is 0 Å². The molecule has 0 radical (unpaired) electrons. The van der Waals surface area contributed by atoms with Crippen molar-refractivity contribution >= 4 is 26.7 Å². The highest BCUT2D eigenvalue weighted by Crippen LogP contribution is 2.41. The van der Waals surface area contributed by atoms with Gasteiger partial charge in [0.2, 0.25) is 5.88 Å². The van der Waals surface area contributed by atoms with E-state index in [1.165, 1.54) is 0 Å². The van der Waals surface area contributed by atoms with Crippen molar-refractivity contribution in [3.8, 4) is 28.3 Å². The van der Waals surface area contributed by atoms with Crippen LogP contribution in [-0.2, 0) is 0 Å². The maximum Gasteiger partial charge on any atom is 0.221 e. The Morgan fingerprint density at radius 3 is 2.04 bits per heavy atom. The Kier molecular flexibility index (Phi) is 4.24. The van der Waals surface area contributed by atoms with Crippen LogP contribution < -0.4 is 4.74 Å². The Hall–Kier alpha value is -2.65. The maximum atomic E-state index is 5.59. The topological polar surface area (TPSA) is 22.1 Å². The minimum absolute atomic E-state index is 0.640. The van der Waals surface area contributed by atoms with Crippen molar-refractivity contribution in [3.63, 3.8) is 0 Å². The molecule has 0 aliphatic rings. The van der Waals surface area contributed by atoms with Crippen LogP contribution in [0.3, 0.4) is 0 Å². The van der Waals surface area contributed by atoms with Gasteiger partial charge in [0.25, 0.3) is 0 Å². The molecule has 0 saturated carbocycles. The Bertz CT molecular complexity index is 1030. The van der Waals surface area contributed by atoms with E-state index in [1.54, 1.807) is 7.11 Å². The first kappa shape index (κ1) is 15.9. The number of rotatable bonds is 3. The van der Waals surface area contributed by atoms with Crippen LogP contribution in [0.4, 0.5) is 0 Å². The van der Waals surface area contributed by atoms with E-state index in [4.69, 9.17) is 9.72 Å². The Morgan fingerprint density at radius 1 is 0.760 bits per heavy atom. The molecule has 0 amide bonds. The predicted molar refractivity (Wildman–Crippen MR) is 107 cm³/mol. The normalized spacial score (nSPS) is 10.8. The zero-order valence-electron chi connectivity index (χ0n) is 13.7. The summed E-state index contributed by atoms with van der Waals surface area (Å²) >= 11 is 3.61. The molecule has 122 valence electrons. The molecule has 2 nitrogen and oxygen atoms in total. The average molecular weight is 390 g/mol. The van der Waals surface area contributed by atoms with Crippen LogP contribution in [0.5, 0.6) is 5.88 Å². The van der Waals surface area contributed by atoms with Gasteiger partial charge in [-0.15, -0.1) is 0 Å². The van der Waals surface area contributed by atoms with Crippen LogP contribution in [0.25, 0.3) is 33.2 Å². The SMILES string of the molecule is COc1nc(-c2ccccc2)c(-c2ccccc2)c2cc(Br)ccc12. The molecular formula is C22H16BrNO. The minimum Gasteiger partial charge on any atom is -0.481 e. The van der Waals surface area contributed by atoms with Gasteiger partial charge < -0.3 is 4.74 Å². The van der Waals surface area contributed by atoms with E-state index in [0.717, 1.165) is 37.6 Å². The summed E-state index contributed by atoms with van der Waals surface area (Å²) in [4.78, 5) is 4.86. The number of hydrogen-bond acceptors (Lipinski definition) is 2. The number of nitrogens with zero attached hydrogens (tertiary/aromatic N) is 1. The van der Waals surface area contributed by atoms with Gasteiger partial charge >= 0.3 is 0 Å². The van der Waals surface area contributed by atoms with Crippen molar-refractivity contribution in [2.75, 3.05) is 7.11 Å². The molecule has 3 aromatic carbocycles. The molecule has 0 atom stereocenters. The highest BCUT2D eigenvalue weighted by Gasteiger charge is 2.17. The molecule has 0 bridgehead atoms. The fourth-order valence-electron chi connectivity index (χ4n) is 3.11. The van der Waals surface area contributed by atoms with Crippen LogP contribution in [-0.4, -0.2) is 12.1 Å². The lowest BCUT2D eigenvalue weighted by Gasteiger charge is -2.16. The monoisotopic (exact) mass is 389 g/mol. The van der Waals surface area contributed by atoms with Crippen molar-refractivity contribution in [2.45, 2.75) is 0 Å². The van der Waals surface area contributed by atoms with Crippen LogP contribution in [0.15, 0.2) is 83.3 Å². The van der Waals surface area contributed by atoms with Crippen LogP contribution >= 0.6 is 15.9 Å². The zero-order valence-corrected chi connectivity index (χ0v) is 15.3. The third-order valence-corrected chi connectivity index (χ3v) is 4.73. The molecule has 0 N–H and O–H groups in total. The van der Waals surface area contributed by atoms with Gasteiger partial charge in [-0.1, -0.05) is 76.6 Å². The standard InChI is InChI=1S/C22H16BrNO/c1-25-22-18-13-12-17(23)14-19(18)20(15-8-4-2-5-9-15)21(24-22)16-10-6-3-7-11-16/h2-14H,1H3. The van der Waals surface area contributed by atoms with Gasteiger partial charge in [-0.25, -0.2) is 4.98 Å². The van der Waals surface area contributed by atoms with Crippen molar-refractivity contribution in [1.29, 1.82) is 0 Å². The van der Waals surface area contributed by atoms with Crippen molar-refractivity contribution in [1.82, 2.24) is 4.98 Å². The second-order valence-corrected chi connectivity index (χ2v) is 6.68. The quantitative estimate of drug-likeness (QED) is 0.407. The summed E-state index contributed by atoms with van der Waals surface area (Å²) in [5, 5.41) is 2.12. The number of halogens is 1. The molecule has 1 heterocycles. The van der Waals surface area contributed by atoms with Crippen molar-refractivity contribution in [2.24, 2.45) is 0 Å². The van der Waals surface area contributed by atoms with Crippen LogP contribution in [0.1, 0.15) is 0 Å². The molecule has 0 saturated heterocycles. The summed E-state index contributed by atoms with van der Waals surface area (Å²) in [5.41, 5.74) is 4.25. The molecule has 0 spiro atoms. The second-order valence-electron chi connectivity index (χ2n) is 5.77. The number of hydrogen-bond donors (Lipinski definition) is 0. The summed E-state index contributed by atoms with van der Waals surface area (Å²) in [6, 6.07) is 26.8. The molecule has 0 aliphatic heterocycles. The number of benzene rings is 3. The third-order valence-electron chi connectivity index (χ3n) is 4.23. The minimum atomic E-state index is 0.640. The first-order valence-electron chi connectivity index (χ1n) is 8.06. The van der Waals surface area contributed by atoms with Gasteiger partial charge in [0.1, 0.15) is 0 Å². The number of pyridine rings is 1. The maximum absolute atomic E-state index is 5.59. The number of methoxy groups -OCH3 is 1. The van der Waals surface area contributed by atoms with E-state index in [1.807, 2.05) is 36.4 Å². The summed E-state index contributed by atoms with van der Waals surface area (Å²) < 4.78 is 6.63. The highest BCUT2D eigenvalue weighted by molar-refractivity contribution is 9.10. The van der Waals surface area contributed by atoms with Gasteiger partial charge in [0, 0.05) is 21.0 Å². The molecule has 1 aromatic heterocycles. The Morgan fingerprint density at radius 2 is 1.40 bits per heavy atom. The second kappa shape index (κ2) is 6.69. The molecule has 0 aliphatic carbocycles. The van der Waals surface area contributed by atoms with E-state index in [2.05, 4.69) is 58.4 Å². The summed E-state index contributed by atoms with van der Waals surface area (Å²) in [5.74, 6) is 0.640. The summed E-state index contributed by atoms with van der Waals surface area (Å²) in [6.45, 7) is 0. The lowest BCUT2D eigenvalue weighted by Crippen LogP contribution is -1.97. The number of ether oxygens (including phenoxy) is 1. The summed E-state index contributed by atoms with van der Waals surface area (Å²) in [7, 11) is 1.67. The first-order valence-corrected chi connectivity index (χ1v) is 8.85. The number of fused-ring (bicyclic) bond motifs is 1. The molecule has 4 aromatic rings. The smallest absolute Gasteiger partial charge is 0.221 e. The Labute approximate surface area is 155 Å². The number of aromatic nitrogens is 1. The zero-order chi connectivity index (χ0) is 17.2. The fourth-order valence-corrected chi connectivity index (χ4v) is 3.47. The average Bonchev–Trinajstić information content (AvgIpc) is 2.68. The molecule has 0 unspecified atom stereocenters. The van der Waals surface area contributed by atoms with Gasteiger partial charge in [0.05, 0.1) is 12.8 Å². The van der Waals surface area contributed by atoms with Crippen LogP contribution in [0, 0.1) is 0 Å². The largest absolute Gasteiger partial charge is 0.481 e. The molecule has 0 fully saturated rings. The van der Waals surface area contributed by atoms with E-state index < -0.39 is 0 Å². The van der Waals surface area contributed by atoms with Crippen LogP contribution in [0.2, 0.25) is 0 Å². The van der Waals surface area contributed by atoms with Gasteiger partial charge in [-0.3, -0.25) is 0 Å². The fraction of sp³-hybridized carbons (Fsp3) is 0.0455. The van der Waals surface area contributed by atoms with Gasteiger partial charge in [0.15, 0.2) is 0 Å². The molecule has 4 rings (SSSR count). The lowest BCUT2D eigenvalue weighted by molar-refractivity contribution is 0.404. The van der Waals surface area contributed by atoms with E-state index in [9.17, 15) is 0 Å². The predicted octanol–water partition coefficient (Wildman–Crippen LogP) is 6.34. The Balaban J connectivity index is 2.16. The van der Waals surface area contributed by atoms with Crippen molar-refractivity contribution < 1.29 is 4.74 Å². The first-order chi connectivity index (χ1) is 12.3. The van der Waals surface area contributed by atoms with Gasteiger partial charge in [-0.05, 0) is 29.1 Å². The lowest BCUT2D eigenvalue weighted by atomic mass is 9.94. The molecule has 3 heteroatoms. The van der Waals surface area contributed by atoms with E-state index >= 15 is 0 Å². The molecular weight excluding hydrogens is 374 g/mol. The van der Waals surface area contributed by atoms with Crippen molar-refractivity contribution in [3.05, 3.63) is 83.3 Å². The highest BCUT2D eigenvalue weighted by atomic mass is 79.9. The molecule has 25 heavy (non-hydrogen) atoms. The van der Waals surface area contributed by atoms with E-state index in [0.29, 0.717) is 5.88 Å².